The number of hydrogen-bond acceptors (Lipinski definition) is 2. The van der Waals surface area contributed by atoms with Gasteiger partial charge in [0.2, 0.25) is 5.91 Å². The van der Waals surface area contributed by atoms with Crippen molar-refractivity contribution in [1.82, 2.24) is 5.32 Å². The zero-order chi connectivity index (χ0) is 11.7. The van der Waals surface area contributed by atoms with Crippen LogP contribution in [0.5, 0.6) is 0 Å². The quantitative estimate of drug-likeness (QED) is 0.700. The van der Waals surface area contributed by atoms with Crippen LogP contribution in [0.4, 0.5) is 0 Å². The number of carbonyl (C=O) groups excluding carboxylic acids is 1. The van der Waals surface area contributed by atoms with Gasteiger partial charge >= 0.3 is 5.97 Å². The van der Waals surface area contributed by atoms with E-state index < -0.39 is 11.9 Å². The van der Waals surface area contributed by atoms with Crippen molar-refractivity contribution < 1.29 is 14.7 Å². The molecule has 4 heteroatoms. The Morgan fingerprint density at radius 3 is 2.50 bits per heavy atom. The molecule has 2 bridgehead atoms. The number of amides is 1. The molecule has 0 heterocycles. The largest absolute Gasteiger partial charge is 0.481 e. The summed E-state index contributed by atoms with van der Waals surface area (Å²) in [7, 11) is 0. The fraction of sp³-hybridized carbons (Fsp3) is 0.667. The van der Waals surface area contributed by atoms with E-state index in [1.54, 1.807) is 6.08 Å². The number of carbonyl (C=O) groups is 2. The highest BCUT2D eigenvalue weighted by Gasteiger charge is 2.53. The highest BCUT2D eigenvalue weighted by molar-refractivity contribution is 5.86. The number of fused-ring (bicyclic) bond motifs is 2. The summed E-state index contributed by atoms with van der Waals surface area (Å²) in [5.74, 6) is -1.23. The molecule has 1 amide bonds. The van der Waals surface area contributed by atoms with Gasteiger partial charge in [0, 0.05) is 6.54 Å². The number of carboxylic acid groups (broad SMARTS) is 1. The Morgan fingerprint density at radius 1 is 1.31 bits per heavy atom. The lowest BCUT2D eigenvalue weighted by Gasteiger charge is -2.26. The number of nitrogens with one attached hydrogen (secondary N) is 1. The van der Waals surface area contributed by atoms with E-state index in [0.717, 1.165) is 19.3 Å². The van der Waals surface area contributed by atoms with Crippen LogP contribution in [-0.2, 0) is 9.59 Å². The first kappa shape index (κ1) is 11.2. The number of aliphatic carboxylic acids is 1. The molecular weight excluding hydrogens is 206 g/mol. The van der Waals surface area contributed by atoms with Crippen molar-refractivity contribution in [2.24, 2.45) is 23.7 Å². The molecule has 16 heavy (non-hydrogen) atoms. The fourth-order valence-corrected chi connectivity index (χ4v) is 3.31. The average molecular weight is 223 g/mol. The summed E-state index contributed by atoms with van der Waals surface area (Å²) in [5.41, 5.74) is 0. The number of carboxylic acids is 1. The standard InChI is InChI=1S/C12H17NO3/c1-2-5-13-11(14)9-7-3-4-8(6-7)10(9)12(15)16/h2,7-10H,1,3-6H2,(H,13,14)(H,15,16)/t7-,8+,9?,10?/m1/s1. The maximum Gasteiger partial charge on any atom is 0.307 e. The van der Waals surface area contributed by atoms with E-state index in [1.165, 1.54) is 0 Å². The van der Waals surface area contributed by atoms with Gasteiger partial charge in [0.25, 0.3) is 0 Å². The fourth-order valence-electron chi connectivity index (χ4n) is 3.31. The van der Waals surface area contributed by atoms with E-state index in [2.05, 4.69) is 11.9 Å². The van der Waals surface area contributed by atoms with Crippen LogP contribution in [-0.4, -0.2) is 23.5 Å². The molecule has 2 fully saturated rings. The SMILES string of the molecule is C=CCNC(=O)C1C(C(=O)O)[C@H]2CC[C@@H]1C2. The van der Waals surface area contributed by atoms with Crippen LogP contribution in [0.3, 0.4) is 0 Å². The molecule has 4 atom stereocenters. The zero-order valence-corrected chi connectivity index (χ0v) is 9.19. The van der Waals surface area contributed by atoms with Gasteiger partial charge in [0.15, 0.2) is 0 Å². The minimum atomic E-state index is -0.814. The molecule has 2 aliphatic carbocycles. The molecule has 88 valence electrons. The van der Waals surface area contributed by atoms with E-state index in [9.17, 15) is 14.7 Å². The Morgan fingerprint density at radius 2 is 1.94 bits per heavy atom. The van der Waals surface area contributed by atoms with E-state index in [1.807, 2.05) is 0 Å². The topological polar surface area (TPSA) is 66.4 Å². The molecule has 4 nitrogen and oxygen atoms in total. The molecular formula is C12H17NO3. The van der Waals surface area contributed by atoms with Gasteiger partial charge in [-0.05, 0) is 31.1 Å². The second-order valence-electron chi connectivity index (χ2n) is 4.76. The molecule has 2 saturated carbocycles. The van der Waals surface area contributed by atoms with Crippen LogP contribution < -0.4 is 5.32 Å². The van der Waals surface area contributed by atoms with Crippen molar-refractivity contribution >= 4 is 11.9 Å². The predicted molar refractivity (Wildman–Crippen MR) is 58.7 cm³/mol. The highest BCUT2D eigenvalue weighted by atomic mass is 16.4. The van der Waals surface area contributed by atoms with Crippen LogP contribution in [0.25, 0.3) is 0 Å². The van der Waals surface area contributed by atoms with Crippen LogP contribution in [0.2, 0.25) is 0 Å². The molecule has 0 aromatic rings. The second kappa shape index (κ2) is 4.28. The van der Waals surface area contributed by atoms with Gasteiger partial charge in [0.05, 0.1) is 11.8 Å². The van der Waals surface area contributed by atoms with Crippen LogP contribution in [0.1, 0.15) is 19.3 Å². The molecule has 2 aliphatic rings. The molecule has 2 unspecified atom stereocenters. The monoisotopic (exact) mass is 223 g/mol. The first-order valence-electron chi connectivity index (χ1n) is 5.76. The molecule has 0 saturated heterocycles. The zero-order valence-electron chi connectivity index (χ0n) is 9.19. The van der Waals surface area contributed by atoms with E-state index in [-0.39, 0.29) is 23.7 Å². The molecule has 0 spiro atoms. The van der Waals surface area contributed by atoms with Gasteiger partial charge in [-0.3, -0.25) is 9.59 Å². The van der Waals surface area contributed by atoms with Crippen molar-refractivity contribution in [2.45, 2.75) is 19.3 Å². The number of hydrogen-bond donors (Lipinski definition) is 2. The maximum absolute atomic E-state index is 11.9. The highest BCUT2D eigenvalue weighted by Crippen LogP contribution is 2.52. The van der Waals surface area contributed by atoms with E-state index in [0.29, 0.717) is 6.54 Å². The lowest BCUT2D eigenvalue weighted by molar-refractivity contribution is -0.149. The third-order valence-electron chi connectivity index (χ3n) is 3.92. The minimum absolute atomic E-state index is 0.112. The first-order chi connectivity index (χ1) is 7.65. The van der Waals surface area contributed by atoms with Crippen molar-refractivity contribution in [2.75, 3.05) is 6.54 Å². The van der Waals surface area contributed by atoms with Crippen molar-refractivity contribution in [3.05, 3.63) is 12.7 Å². The third kappa shape index (κ3) is 1.72. The lowest BCUT2D eigenvalue weighted by atomic mass is 9.79. The summed E-state index contributed by atoms with van der Waals surface area (Å²) in [5, 5.41) is 11.9. The Hall–Kier alpha value is -1.32. The normalized spacial score (nSPS) is 36.0. The predicted octanol–water partition coefficient (Wildman–Crippen LogP) is 1.04. The van der Waals surface area contributed by atoms with Gasteiger partial charge in [-0.15, -0.1) is 6.58 Å². The molecule has 0 aliphatic heterocycles. The Labute approximate surface area is 94.7 Å². The molecule has 0 radical (unpaired) electrons. The average Bonchev–Trinajstić information content (AvgIpc) is 2.84. The Kier molecular flexibility index (Phi) is 2.99. The van der Waals surface area contributed by atoms with Crippen molar-refractivity contribution in [1.29, 1.82) is 0 Å². The van der Waals surface area contributed by atoms with E-state index in [4.69, 9.17) is 0 Å². The first-order valence-corrected chi connectivity index (χ1v) is 5.76. The van der Waals surface area contributed by atoms with Gasteiger partial charge in [-0.2, -0.15) is 0 Å². The lowest BCUT2D eigenvalue weighted by Crippen LogP contribution is -2.41. The summed E-state index contributed by atoms with van der Waals surface area (Å²) in [6.07, 6.45) is 4.48. The van der Waals surface area contributed by atoms with Crippen LogP contribution >= 0.6 is 0 Å². The van der Waals surface area contributed by atoms with Gasteiger partial charge < -0.3 is 10.4 Å². The summed E-state index contributed by atoms with van der Waals surface area (Å²) >= 11 is 0. The maximum atomic E-state index is 11.9. The molecule has 2 rings (SSSR count). The van der Waals surface area contributed by atoms with Crippen molar-refractivity contribution in [3.63, 3.8) is 0 Å². The molecule has 0 aromatic heterocycles. The summed E-state index contributed by atoms with van der Waals surface area (Å²) < 4.78 is 0. The number of rotatable bonds is 4. The van der Waals surface area contributed by atoms with Crippen LogP contribution in [0, 0.1) is 23.7 Å². The second-order valence-corrected chi connectivity index (χ2v) is 4.76. The summed E-state index contributed by atoms with van der Waals surface area (Å²) in [4.78, 5) is 23.1. The van der Waals surface area contributed by atoms with Gasteiger partial charge in [-0.25, -0.2) is 0 Å². The third-order valence-corrected chi connectivity index (χ3v) is 3.92. The van der Waals surface area contributed by atoms with Crippen LogP contribution in [0.15, 0.2) is 12.7 Å². The minimum Gasteiger partial charge on any atom is -0.481 e. The smallest absolute Gasteiger partial charge is 0.307 e. The molecule has 0 aromatic carbocycles. The summed E-state index contributed by atoms with van der Waals surface area (Å²) in [6, 6.07) is 0. The molecule has 2 N–H and O–H groups in total. The Balaban J connectivity index is 2.09. The van der Waals surface area contributed by atoms with Gasteiger partial charge in [0.1, 0.15) is 0 Å². The van der Waals surface area contributed by atoms with E-state index >= 15 is 0 Å². The Bertz CT molecular complexity index is 326. The summed E-state index contributed by atoms with van der Waals surface area (Å²) in [6.45, 7) is 3.95. The van der Waals surface area contributed by atoms with Gasteiger partial charge in [-0.1, -0.05) is 6.08 Å². The van der Waals surface area contributed by atoms with Crippen molar-refractivity contribution in [3.8, 4) is 0 Å².